The minimum absolute atomic E-state index is 0.0467. The number of methoxy groups -OCH3 is 1. The number of ether oxygens (including phenoxy) is 1. The first-order valence-electron chi connectivity index (χ1n) is 6.02. The molecule has 1 fully saturated rings. The van der Waals surface area contributed by atoms with Crippen molar-refractivity contribution in [3.8, 4) is 0 Å². The van der Waals surface area contributed by atoms with Gasteiger partial charge in [0.2, 0.25) is 11.9 Å². The van der Waals surface area contributed by atoms with Gasteiger partial charge in [-0.15, -0.1) is 5.10 Å². The maximum Gasteiger partial charge on any atom is 0.244 e. The molecule has 0 amide bonds. The molecule has 0 aliphatic carbocycles. The molecule has 0 aromatic carbocycles. The Kier molecular flexibility index (Phi) is 3.68. The SMILES string of the molecule is COCCNc1nc(N)n(C2(C)CCS(=O)(=O)C2)n1. The lowest BCUT2D eigenvalue weighted by Gasteiger charge is -2.22. The Morgan fingerprint density at radius 1 is 1.58 bits per heavy atom. The van der Waals surface area contributed by atoms with Crippen molar-refractivity contribution in [2.24, 2.45) is 0 Å². The van der Waals surface area contributed by atoms with Gasteiger partial charge in [-0.1, -0.05) is 0 Å². The third-order valence-corrected chi connectivity index (χ3v) is 5.10. The highest BCUT2D eigenvalue weighted by Crippen LogP contribution is 2.31. The fourth-order valence-corrected chi connectivity index (χ4v) is 4.33. The van der Waals surface area contributed by atoms with Gasteiger partial charge in [0.1, 0.15) is 0 Å². The van der Waals surface area contributed by atoms with Crippen LogP contribution in [0, 0.1) is 0 Å². The first kappa shape index (κ1) is 14.1. The minimum atomic E-state index is -3.02. The number of nitrogen functional groups attached to an aromatic ring is 1. The van der Waals surface area contributed by atoms with Gasteiger partial charge in [0.15, 0.2) is 9.84 Å². The Bertz CT molecular complexity index is 556. The van der Waals surface area contributed by atoms with Crippen LogP contribution in [0.4, 0.5) is 11.9 Å². The number of aromatic nitrogens is 3. The molecule has 1 aromatic heterocycles. The lowest BCUT2D eigenvalue weighted by Crippen LogP contribution is -2.33. The van der Waals surface area contributed by atoms with E-state index in [0.29, 0.717) is 25.5 Å². The third kappa shape index (κ3) is 2.98. The van der Waals surface area contributed by atoms with Gasteiger partial charge >= 0.3 is 0 Å². The van der Waals surface area contributed by atoms with Gasteiger partial charge in [0.05, 0.1) is 23.7 Å². The number of sulfone groups is 1. The van der Waals surface area contributed by atoms with Crippen LogP contribution in [0.2, 0.25) is 0 Å². The Labute approximate surface area is 112 Å². The van der Waals surface area contributed by atoms with Crippen LogP contribution in [0.5, 0.6) is 0 Å². The van der Waals surface area contributed by atoms with Gasteiger partial charge in [-0.05, 0) is 13.3 Å². The number of nitrogens with one attached hydrogen (secondary N) is 1. The second-order valence-electron chi connectivity index (χ2n) is 4.96. The summed E-state index contributed by atoms with van der Waals surface area (Å²) in [4.78, 5) is 4.09. The lowest BCUT2D eigenvalue weighted by atomic mass is 10.0. The molecule has 2 heterocycles. The monoisotopic (exact) mass is 289 g/mol. The number of nitrogens with two attached hydrogens (primary N) is 1. The first-order chi connectivity index (χ1) is 8.86. The molecule has 0 saturated carbocycles. The average molecular weight is 289 g/mol. The van der Waals surface area contributed by atoms with Crippen LogP contribution in [0.15, 0.2) is 0 Å². The van der Waals surface area contributed by atoms with E-state index in [-0.39, 0.29) is 17.5 Å². The molecule has 108 valence electrons. The topological polar surface area (TPSA) is 112 Å². The Morgan fingerprint density at radius 3 is 2.89 bits per heavy atom. The highest BCUT2D eigenvalue weighted by molar-refractivity contribution is 7.91. The molecule has 3 N–H and O–H groups in total. The lowest BCUT2D eigenvalue weighted by molar-refractivity contribution is 0.210. The summed E-state index contributed by atoms with van der Waals surface area (Å²) in [5, 5.41) is 7.22. The van der Waals surface area contributed by atoms with E-state index in [9.17, 15) is 8.42 Å². The van der Waals surface area contributed by atoms with E-state index in [1.54, 1.807) is 7.11 Å². The largest absolute Gasteiger partial charge is 0.383 e. The highest BCUT2D eigenvalue weighted by Gasteiger charge is 2.42. The quantitative estimate of drug-likeness (QED) is 0.699. The average Bonchev–Trinajstić information content (AvgIpc) is 2.81. The van der Waals surface area contributed by atoms with E-state index in [0.717, 1.165) is 0 Å². The summed E-state index contributed by atoms with van der Waals surface area (Å²) < 4.78 is 29.6. The van der Waals surface area contributed by atoms with Crippen molar-refractivity contribution in [3.63, 3.8) is 0 Å². The molecule has 0 spiro atoms. The van der Waals surface area contributed by atoms with Crippen LogP contribution >= 0.6 is 0 Å². The van der Waals surface area contributed by atoms with Crippen LogP contribution in [0.1, 0.15) is 13.3 Å². The van der Waals surface area contributed by atoms with Crippen molar-refractivity contribution in [2.45, 2.75) is 18.9 Å². The van der Waals surface area contributed by atoms with Crippen LogP contribution in [-0.2, 0) is 20.1 Å². The van der Waals surface area contributed by atoms with Crippen LogP contribution in [0.25, 0.3) is 0 Å². The molecule has 1 saturated heterocycles. The zero-order chi connectivity index (χ0) is 14.1. The second kappa shape index (κ2) is 4.97. The summed E-state index contributed by atoms with van der Waals surface area (Å²) >= 11 is 0. The normalized spacial score (nSPS) is 25.6. The van der Waals surface area contributed by atoms with Gasteiger partial charge < -0.3 is 15.8 Å². The number of anilines is 2. The van der Waals surface area contributed by atoms with Crippen LogP contribution in [0.3, 0.4) is 0 Å². The number of hydrogen-bond acceptors (Lipinski definition) is 7. The number of rotatable bonds is 5. The van der Waals surface area contributed by atoms with E-state index in [1.165, 1.54) is 4.68 Å². The number of hydrogen-bond donors (Lipinski definition) is 2. The zero-order valence-corrected chi connectivity index (χ0v) is 11.9. The Hall–Kier alpha value is -1.35. The van der Waals surface area contributed by atoms with Crippen LogP contribution in [-0.4, -0.2) is 54.9 Å². The van der Waals surface area contributed by atoms with Gasteiger partial charge in [-0.25, -0.2) is 13.1 Å². The molecule has 1 atom stereocenters. The number of nitrogens with zero attached hydrogens (tertiary/aromatic N) is 3. The van der Waals surface area contributed by atoms with Crippen molar-refractivity contribution in [1.82, 2.24) is 14.8 Å². The summed E-state index contributed by atoms with van der Waals surface area (Å²) in [7, 11) is -1.41. The molecule has 1 aliphatic heterocycles. The van der Waals surface area contributed by atoms with Crippen molar-refractivity contribution in [1.29, 1.82) is 0 Å². The molecule has 0 radical (unpaired) electrons. The van der Waals surface area contributed by atoms with Crippen molar-refractivity contribution in [3.05, 3.63) is 0 Å². The molecule has 1 aromatic rings. The molecular formula is C10H19N5O3S. The maximum absolute atomic E-state index is 11.6. The molecule has 0 bridgehead atoms. The minimum Gasteiger partial charge on any atom is -0.383 e. The molecular weight excluding hydrogens is 270 g/mol. The fraction of sp³-hybridized carbons (Fsp3) is 0.800. The summed E-state index contributed by atoms with van der Waals surface area (Å²) in [6.45, 7) is 2.93. The molecule has 2 rings (SSSR count). The molecule has 1 aliphatic rings. The van der Waals surface area contributed by atoms with Crippen molar-refractivity contribution < 1.29 is 13.2 Å². The first-order valence-corrected chi connectivity index (χ1v) is 7.85. The van der Waals surface area contributed by atoms with E-state index in [1.807, 2.05) is 6.92 Å². The van der Waals surface area contributed by atoms with Gasteiger partial charge in [0, 0.05) is 13.7 Å². The fourth-order valence-electron chi connectivity index (χ4n) is 2.22. The smallest absolute Gasteiger partial charge is 0.244 e. The second-order valence-corrected chi connectivity index (χ2v) is 7.15. The summed E-state index contributed by atoms with van der Waals surface area (Å²) in [6.07, 6.45) is 0.500. The molecule has 1 unspecified atom stereocenters. The Balaban J connectivity index is 2.17. The summed E-state index contributed by atoms with van der Waals surface area (Å²) in [5.41, 5.74) is 5.21. The van der Waals surface area contributed by atoms with E-state index < -0.39 is 15.4 Å². The highest BCUT2D eigenvalue weighted by atomic mass is 32.2. The maximum atomic E-state index is 11.6. The zero-order valence-electron chi connectivity index (χ0n) is 11.1. The van der Waals surface area contributed by atoms with Gasteiger partial charge in [-0.3, -0.25) is 0 Å². The van der Waals surface area contributed by atoms with Gasteiger partial charge in [0.25, 0.3) is 0 Å². The Morgan fingerprint density at radius 2 is 2.32 bits per heavy atom. The molecule has 19 heavy (non-hydrogen) atoms. The van der Waals surface area contributed by atoms with Gasteiger partial charge in [-0.2, -0.15) is 4.98 Å². The van der Waals surface area contributed by atoms with Crippen molar-refractivity contribution >= 4 is 21.7 Å². The third-order valence-electron chi connectivity index (χ3n) is 3.22. The van der Waals surface area contributed by atoms with Crippen molar-refractivity contribution in [2.75, 3.05) is 42.8 Å². The van der Waals surface area contributed by atoms with Crippen LogP contribution < -0.4 is 11.1 Å². The van der Waals surface area contributed by atoms with E-state index >= 15 is 0 Å². The standard InChI is InChI=1S/C10H19N5O3S/c1-10(3-6-19(16,17)7-10)15-8(11)13-9(14-15)12-4-5-18-2/h3-7H2,1-2H3,(H3,11,12,13,14). The predicted octanol–water partition coefficient (Wildman–Crippen LogP) is -0.548. The van der Waals surface area contributed by atoms with E-state index in [4.69, 9.17) is 10.5 Å². The summed E-state index contributed by atoms with van der Waals surface area (Å²) in [5.74, 6) is 0.819. The van der Waals surface area contributed by atoms with E-state index in [2.05, 4.69) is 15.4 Å². The predicted molar refractivity (Wildman–Crippen MR) is 71.7 cm³/mol. The molecule has 8 nitrogen and oxygen atoms in total. The summed E-state index contributed by atoms with van der Waals surface area (Å²) in [6, 6.07) is 0. The molecule has 9 heteroatoms.